The van der Waals surface area contributed by atoms with Crippen LogP contribution in [0.25, 0.3) is 5.69 Å². The molecule has 1 aromatic carbocycles. The average Bonchev–Trinajstić information content (AvgIpc) is 2.97. The van der Waals surface area contributed by atoms with Crippen molar-refractivity contribution >= 4 is 21.8 Å². The summed E-state index contributed by atoms with van der Waals surface area (Å²) in [7, 11) is -2.21. The quantitative estimate of drug-likeness (QED) is 0.746. The zero-order chi connectivity index (χ0) is 19.7. The number of rotatable bonds is 5. The molecule has 1 aromatic heterocycles. The Bertz CT molecular complexity index is 894. The van der Waals surface area contributed by atoms with Crippen molar-refractivity contribution in [1.29, 1.82) is 0 Å². The lowest BCUT2D eigenvalue weighted by molar-refractivity contribution is 0.0527. The van der Waals surface area contributed by atoms with Crippen molar-refractivity contribution in [2.75, 3.05) is 24.2 Å². The molecule has 0 N–H and O–H groups in total. The molecule has 0 bridgehead atoms. The van der Waals surface area contributed by atoms with Crippen LogP contribution < -0.4 is 4.31 Å². The van der Waals surface area contributed by atoms with Gasteiger partial charge >= 0.3 is 5.97 Å². The Morgan fingerprint density at radius 2 is 1.81 bits per heavy atom. The highest BCUT2D eigenvalue weighted by molar-refractivity contribution is 7.92. The number of ether oxygens (including phenoxy) is 1. The number of hydrogen-bond donors (Lipinski definition) is 0. The Hall–Kier alpha value is -2.35. The van der Waals surface area contributed by atoms with E-state index in [4.69, 9.17) is 4.74 Å². The van der Waals surface area contributed by atoms with Crippen molar-refractivity contribution in [2.24, 2.45) is 0 Å². The molecule has 26 heavy (non-hydrogen) atoms. The van der Waals surface area contributed by atoms with Gasteiger partial charge in [0.1, 0.15) is 5.56 Å². The van der Waals surface area contributed by atoms with Gasteiger partial charge in [0.25, 0.3) is 0 Å². The summed E-state index contributed by atoms with van der Waals surface area (Å²) in [6, 6.07) is 7.63. The molecule has 142 valence electrons. The third kappa shape index (κ3) is 4.07. The molecule has 0 atom stereocenters. The fourth-order valence-electron chi connectivity index (χ4n) is 2.45. The molecule has 0 amide bonds. The van der Waals surface area contributed by atoms with Gasteiger partial charge in [-0.05, 0) is 30.0 Å². The predicted molar refractivity (Wildman–Crippen MR) is 101 cm³/mol. The second-order valence-electron chi connectivity index (χ2n) is 7.04. The van der Waals surface area contributed by atoms with Crippen LogP contribution in [0.5, 0.6) is 0 Å². The molecule has 0 fully saturated rings. The van der Waals surface area contributed by atoms with E-state index in [1.54, 1.807) is 6.92 Å². The fourth-order valence-corrected chi connectivity index (χ4v) is 2.94. The Kier molecular flexibility index (Phi) is 5.46. The molecule has 8 heteroatoms. The number of carbonyl (C=O) groups is 1. The van der Waals surface area contributed by atoms with E-state index in [1.807, 2.05) is 24.3 Å². The molecule has 0 radical (unpaired) electrons. The molecule has 0 aliphatic heterocycles. The van der Waals surface area contributed by atoms with Gasteiger partial charge < -0.3 is 4.74 Å². The summed E-state index contributed by atoms with van der Waals surface area (Å²) < 4.78 is 31.6. The molecule has 0 saturated carbocycles. The number of nitrogens with zero attached hydrogens (tertiary/aromatic N) is 3. The molecular formula is C18H25N3O4S. The van der Waals surface area contributed by atoms with E-state index in [9.17, 15) is 13.2 Å². The summed E-state index contributed by atoms with van der Waals surface area (Å²) in [5.74, 6) is -0.468. The zero-order valence-corrected chi connectivity index (χ0v) is 16.8. The molecular weight excluding hydrogens is 354 g/mol. The molecule has 7 nitrogen and oxygen atoms in total. The molecule has 0 aliphatic carbocycles. The summed E-state index contributed by atoms with van der Waals surface area (Å²) in [5, 5.41) is 4.23. The largest absolute Gasteiger partial charge is 0.462 e. The molecule has 0 saturated heterocycles. The predicted octanol–water partition coefficient (Wildman–Crippen LogP) is 2.74. The van der Waals surface area contributed by atoms with Gasteiger partial charge in [-0.15, -0.1) is 0 Å². The number of esters is 1. The topological polar surface area (TPSA) is 81.5 Å². The fraction of sp³-hybridized carbons (Fsp3) is 0.444. The van der Waals surface area contributed by atoms with E-state index in [2.05, 4.69) is 25.9 Å². The third-order valence-electron chi connectivity index (χ3n) is 4.01. The molecule has 2 aromatic rings. The number of hydrogen-bond acceptors (Lipinski definition) is 5. The van der Waals surface area contributed by atoms with Crippen LogP contribution in [0.1, 0.15) is 43.6 Å². The highest BCUT2D eigenvalue weighted by atomic mass is 32.2. The first kappa shape index (κ1) is 20.0. The van der Waals surface area contributed by atoms with Gasteiger partial charge in [0.15, 0.2) is 5.82 Å². The second-order valence-corrected chi connectivity index (χ2v) is 9.06. The number of benzene rings is 1. The number of aromatic nitrogens is 2. The maximum Gasteiger partial charge on any atom is 0.343 e. The normalized spacial score (nSPS) is 12.1. The summed E-state index contributed by atoms with van der Waals surface area (Å²) in [5.41, 5.74) is 1.88. The number of anilines is 1. The van der Waals surface area contributed by atoms with Gasteiger partial charge in [0, 0.05) is 7.05 Å². The van der Waals surface area contributed by atoms with Crippen molar-refractivity contribution in [1.82, 2.24) is 9.78 Å². The van der Waals surface area contributed by atoms with Crippen LogP contribution in [0, 0.1) is 0 Å². The Labute approximate surface area is 154 Å². The lowest BCUT2D eigenvalue weighted by atomic mass is 9.87. The van der Waals surface area contributed by atoms with E-state index < -0.39 is 16.0 Å². The van der Waals surface area contributed by atoms with Crippen molar-refractivity contribution in [3.05, 3.63) is 41.6 Å². The lowest BCUT2D eigenvalue weighted by Gasteiger charge is -2.21. The van der Waals surface area contributed by atoms with Gasteiger partial charge in [-0.25, -0.2) is 17.9 Å². The van der Waals surface area contributed by atoms with Crippen molar-refractivity contribution in [2.45, 2.75) is 33.1 Å². The van der Waals surface area contributed by atoms with Crippen molar-refractivity contribution in [3.8, 4) is 5.69 Å². The van der Waals surface area contributed by atoms with Crippen LogP contribution in [0.15, 0.2) is 30.5 Å². The van der Waals surface area contributed by atoms with Gasteiger partial charge in [0.05, 0.1) is 24.7 Å². The SMILES string of the molecule is CCOC(=O)c1cnn(-c2ccc(C(C)(C)C)cc2)c1N(C)S(C)(=O)=O. The minimum atomic E-state index is -3.59. The van der Waals surface area contributed by atoms with Gasteiger partial charge in [-0.3, -0.25) is 4.31 Å². The van der Waals surface area contributed by atoms with Gasteiger partial charge in [-0.1, -0.05) is 32.9 Å². The standard InChI is InChI=1S/C18H25N3O4S/c1-7-25-17(22)15-12-19-21(16(15)20(5)26(6,23)24)14-10-8-13(9-11-14)18(2,3)4/h8-12H,7H2,1-6H3. The molecule has 0 aliphatic rings. The van der Waals surface area contributed by atoms with Crippen LogP contribution in [-0.4, -0.2) is 44.1 Å². The monoisotopic (exact) mass is 379 g/mol. The average molecular weight is 379 g/mol. The van der Waals surface area contributed by atoms with Gasteiger partial charge in [-0.2, -0.15) is 5.10 Å². The summed E-state index contributed by atoms with van der Waals surface area (Å²) in [4.78, 5) is 12.2. The van der Waals surface area contributed by atoms with Crippen molar-refractivity contribution in [3.63, 3.8) is 0 Å². The first-order valence-corrected chi connectivity index (χ1v) is 10.1. The molecule has 1 heterocycles. The van der Waals surface area contributed by atoms with E-state index in [1.165, 1.54) is 17.9 Å². The first-order valence-electron chi connectivity index (χ1n) is 8.26. The molecule has 0 unspecified atom stereocenters. The van der Waals surface area contributed by atoms with E-state index in [0.29, 0.717) is 5.69 Å². The highest BCUT2D eigenvalue weighted by Crippen LogP contribution is 2.28. The third-order valence-corrected chi connectivity index (χ3v) is 5.18. The van der Waals surface area contributed by atoms with Crippen LogP contribution in [0.2, 0.25) is 0 Å². The molecule has 0 spiro atoms. The summed E-state index contributed by atoms with van der Waals surface area (Å²) in [6.45, 7) is 8.20. The zero-order valence-electron chi connectivity index (χ0n) is 16.0. The maximum atomic E-state index is 12.2. The van der Waals surface area contributed by atoms with E-state index in [-0.39, 0.29) is 23.4 Å². The lowest BCUT2D eigenvalue weighted by Crippen LogP contribution is -2.29. The Balaban J connectivity index is 2.60. The van der Waals surface area contributed by atoms with Crippen molar-refractivity contribution < 1.29 is 17.9 Å². The first-order chi connectivity index (χ1) is 12.0. The number of carbonyl (C=O) groups excluding carboxylic acids is 1. The van der Waals surface area contributed by atoms with Crippen LogP contribution in [0.3, 0.4) is 0 Å². The van der Waals surface area contributed by atoms with Crippen LogP contribution in [-0.2, 0) is 20.2 Å². The minimum absolute atomic E-state index is 0.00881. The highest BCUT2D eigenvalue weighted by Gasteiger charge is 2.27. The second kappa shape index (κ2) is 7.11. The number of sulfonamides is 1. The van der Waals surface area contributed by atoms with Crippen LogP contribution in [0.4, 0.5) is 5.82 Å². The Morgan fingerprint density at radius 3 is 2.27 bits per heavy atom. The summed E-state index contributed by atoms with van der Waals surface area (Å²) in [6.07, 6.45) is 2.40. The molecule has 2 rings (SSSR count). The van der Waals surface area contributed by atoms with Gasteiger partial charge in [0.2, 0.25) is 10.0 Å². The maximum absolute atomic E-state index is 12.2. The smallest absolute Gasteiger partial charge is 0.343 e. The Morgan fingerprint density at radius 1 is 1.23 bits per heavy atom. The minimum Gasteiger partial charge on any atom is -0.462 e. The van der Waals surface area contributed by atoms with E-state index in [0.717, 1.165) is 16.1 Å². The van der Waals surface area contributed by atoms with E-state index >= 15 is 0 Å². The van der Waals surface area contributed by atoms with Crippen LogP contribution >= 0.6 is 0 Å². The summed E-state index contributed by atoms with van der Waals surface area (Å²) >= 11 is 0.